The van der Waals surface area contributed by atoms with Gasteiger partial charge in [0.2, 0.25) is 0 Å². The summed E-state index contributed by atoms with van der Waals surface area (Å²) < 4.78 is 5.44. The lowest BCUT2D eigenvalue weighted by atomic mass is 10.2. The molecule has 1 aromatic carbocycles. The summed E-state index contributed by atoms with van der Waals surface area (Å²) in [5, 5.41) is 21.6. The molecule has 0 spiro atoms. The van der Waals surface area contributed by atoms with Gasteiger partial charge in [-0.15, -0.1) is 11.8 Å². The van der Waals surface area contributed by atoms with Crippen molar-refractivity contribution in [3.05, 3.63) is 33.9 Å². The number of nitrogens with zero attached hydrogens (tertiary/aromatic N) is 1. The van der Waals surface area contributed by atoms with Crippen LogP contribution in [-0.4, -0.2) is 29.4 Å². The number of hydrogen-bond acceptors (Lipinski definition) is 6. The molecule has 0 amide bonds. The highest BCUT2D eigenvalue weighted by Crippen LogP contribution is 2.32. The quantitative estimate of drug-likeness (QED) is 0.458. The number of nitro benzene ring substituents is 1. The average molecular weight is 282 g/mol. The van der Waals surface area contributed by atoms with Crippen molar-refractivity contribution < 1.29 is 19.6 Å². The Morgan fingerprint density at radius 2 is 2.32 bits per heavy atom. The van der Waals surface area contributed by atoms with Crippen LogP contribution in [-0.2, 0) is 4.74 Å². The zero-order valence-electron chi connectivity index (χ0n) is 10.0. The van der Waals surface area contributed by atoms with Crippen LogP contribution in [0.1, 0.15) is 23.2 Å². The molecule has 0 saturated carbocycles. The summed E-state index contributed by atoms with van der Waals surface area (Å²) in [6, 6.07) is 3.80. The number of ether oxygens (including phenoxy) is 1. The third kappa shape index (κ3) is 3.45. The number of rotatable bonds is 5. The highest BCUT2D eigenvalue weighted by Gasteiger charge is 2.20. The lowest BCUT2D eigenvalue weighted by molar-refractivity contribution is -0.387. The highest BCUT2D eigenvalue weighted by molar-refractivity contribution is 7.99. The molecular weight excluding hydrogens is 270 g/mol. The molecule has 1 fully saturated rings. The van der Waals surface area contributed by atoms with E-state index in [4.69, 9.17) is 4.74 Å². The maximum absolute atomic E-state index is 10.9. The van der Waals surface area contributed by atoms with Gasteiger partial charge >= 0.3 is 0 Å². The average Bonchev–Trinajstić information content (AvgIpc) is 2.89. The second kappa shape index (κ2) is 6.03. The summed E-state index contributed by atoms with van der Waals surface area (Å²) in [5.41, 5.74) is -0.391. The SMILES string of the molecule is O=C([O-])c1ccc(SCC2CCCO2)c([N+](=O)[O-])c1. The van der Waals surface area contributed by atoms with E-state index >= 15 is 0 Å². The Balaban J connectivity index is 2.14. The molecule has 7 heteroatoms. The Hall–Kier alpha value is -1.60. The van der Waals surface area contributed by atoms with Crippen LogP contribution in [0.5, 0.6) is 0 Å². The minimum absolute atomic E-state index is 0.116. The zero-order valence-corrected chi connectivity index (χ0v) is 10.9. The molecule has 19 heavy (non-hydrogen) atoms. The monoisotopic (exact) mass is 282 g/mol. The minimum atomic E-state index is -1.42. The van der Waals surface area contributed by atoms with Gasteiger partial charge in [-0.3, -0.25) is 10.1 Å². The number of carbonyl (C=O) groups is 1. The van der Waals surface area contributed by atoms with Crippen molar-refractivity contribution in [3.63, 3.8) is 0 Å². The molecule has 1 atom stereocenters. The summed E-state index contributed by atoms with van der Waals surface area (Å²) in [6.45, 7) is 0.733. The Morgan fingerprint density at radius 3 is 2.89 bits per heavy atom. The predicted octanol–water partition coefficient (Wildman–Crippen LogP) is 1.23. The summed E-state index contributed by atoms with van der Waals surface area (Å²) in [6.07, 6.45) is 2.08. The summed E-state index contributed by atoms with van der Waals surface area (Å²) >= 11 is 1.31. The first-order chi connectivity index (χ1) is 9.08. The lowest BCUT2D eigenvalue weighted by Gasteiger charge is -2.10. The molecule has 1 unspecified atom stereocenters. The van der Waals surface area contributed by atoms with E-state index in [0.29, 0.717) is 10.6 Å². The van der Waals surface area contributed by atoms with Crippen LogP contribution < -0.4 is 5.11 Å². The van der Waals surface area contributed by atoms with Gasteiger partial charge in [-0.05, 0) is 18.9 Å². The Morgan fingerprint density at radius 1 is 1.53 bits per heavy atom. The van der Waals surface area contributed by atoms with Gasteiger partial charge in [0.05, 0.1) is 21.9 Å². The van der Waals surface area contributed by atoms with Crippen LogP contribution >= 0.6 is 11.8 Å². The van der Waals surface area contributed by atoms with E-state index in [1.54, 1.807) is 0 Å². The molecule has 0 N–H and O–H groups in total. The summed E-state index contributed by atoms with van der Waals surface area (Å²) in [5.74, 6) is -0.787. The third-order valence-corrected chi connectivity index (χ3v) is 4.03. The van der Waals surface area contributed by atoms with Gasteiger partial charge in [0.25, 0.3) is 5.69 Å². The third-order valence-electron chi connectivity index (χ3n) is 2.84. The van der Waals surface area contributed by atoms with E-state index in [-0.39, 0.29) is 17.4 Å². The molecule has 0 aromatic heterocycles. The van der Waals surface area contributed by atoms with Gasteiger partial charge in [0.1, 0.15) is 0 Å². The number of aromatic carboxylic acids is 1. The molecular formula is C12H12NO5S-. The minimum Gasteiger partial charge on any atom is -0.545 e. The fourth-order valence-electron chi connectivity index (χ4n) is 1.87. The number of thioether (sulfide) groups is 1. The molecule has 6 nitrogen and oxygen atoms in total. The van der Waals surface area contributed by atoms with Crippen molar-refractivity contribution in [3.8, 4) is 0 Å². The molecule has 1 heterocycles. The van der Waals surface area contributed by atoms with E-state index in [2.05, 4.69) is 0 Å². The number of nitro groups is 1. The van der Waals surface area contributed by atoms with Gasteiger partial charge in [-0.1, -0.05) is 6.07 Å². The largest absolute Gasteiger partial charge is 0.545 e. The van der Waals surface area contributed by atoms with Crippen LogP contribution in [0.25, 0.3) is 0 Å². The molecule has 1 saturated heterocycles. The summed E-state index contributed by atoms with van der Waals surface area (Å²) in [4.78, 5) is 21.5. The van der Waals surface area contributed by atoms with Gasteiger partial charge in [-0.2, -0.15) is 0 Å². The Labute approximate surface area is 113 Å². The number of benzene rings is 1. The van der Waals surface area contributed by atoms with E-state index in [0.717, 1.165) is 25.5 Å². The fraction of sp³-hybridized carbons (Fsp3) is 0.417. The van der Waals surface area contributed by atoms with Crippen LogP contribution in [0, 0.1) is 10.1 Å². The number of carboxylic acids is 1. The Bertz CT molecular complexity index is 499. The van der Waals surface area contributed by atoms with Gasteiger partial charge in [0, 0.05) is 24.0 Å². The highest BCUT2D eigenvalue weighted by atomic mass is 32.2. The van der Waals surface area contributed by atoms with E-state index in [1.807, 2.05) is 0 Å². The first-order valence-electron chi connectivity index (χ1n) is 5.82. The molecule has 0 aliphatic carbocycles. The van der Waals surface area contributed by atoms with Crippen molar-refractivity contribution >= 4 is 23.4 Å². The van der Waals surface area contributed by atoms with Crippen LogP contribution in [0.15, 0.2) is 23.1 Å². The van der Waals surface area contributed by atoms with E-state index in [9.17, 15) is 20.0 Å². The number of carbonyl (C=O) groups excluding carboxylic acids is 1. The van der Waals surface area contributed by atoms with Crippen molar-refractivity contribution in [2.45, 2.75) is 23.8 Å². The molecule has 102 valence electrons. The molecule has 1 aromatic rings. The van der Waals surface area contributed by atoms with Crippen LogP contribution in [0.2, 0.25) is 0 Å². The summed E-state index contributed by atoms with van der Waals surface area (Å²) in [7, 11) is 0. The van der Waals surface area contributed by atoms with Crippen LogP contribution in [0.3, 0.4) is 0 Å². The Kier molecular flexibility index (Phi) is 4.39. The van der Waals surface area contributed by atoms with E-state index < -0.39 is 10.9 Å². The predicted molar refractivity (Wildman–Crippen MR) is 67.1 cm³/mol. The maximum atomic E-state index is 10.9. The van der Waals surface area contributed by atoms with Crippen LogP contribution in [0.4, 0.5) is 5.69 Å². The van der Waals surface area contributed by atoms with E-state index in [1.165, 1.54) is 23.9 Å². The molecule has 0 radical (unpaired) electrons. The molecule has 0 bridgehead atoms. The zero-order chi connectivity index (χ0) is 13.8. The maximum Gasteiger partial charge on any atom is 0.283 e. The first-order valence-corrected chi connectivity index (χ1v) is 6.80. The van der Waals surface area contributed by atoms with Gasteiger partial charge < -0.3 is 14.6 Å². The topological polar surface area (TPSA) is 92.5 Å². The molecule has 1 aliphatic heterocycles. The van der Waals surface area contributed by atoms with Crippen molar-refractivity contribution in [1.82, 2.24) is 0 Å². The fourth-order valence-corrected chi connectivity index (χ4v) is 2.94. The van der Waals surface area contributed by atoms with Crippen molar-refractivity contribution in [1.29, 1.82) is 0 Å². The number of hydrogen-bond donors (Lipinski definition) is 0. The smallest absolute Gasteiger partial charge is 0.283 e. The lowest BCUT2D eigenvalue weighted by Crippen LogP contribution is -2.22. The standard InChI is InChI=1S/C12H13NO5S/c14-12(15)8-3-4-11(10(6-8)13(16)17)19-7-9-2-1-5-18-9/h3-4,6,9H,1-2,5,7H2,(H,14,15)/p-1. The van der Waals surface area contributed by atoms with Crippen molar-refractivity contribution in [2.75, 3.05) is 12.4 Å². The normalized spacial score (nSPS) is 18.4. The second-order valence-corrected chi connectivity index (χ2v) is 5.23. The second-order valence-electron chi connectivity index (χ2n) is 4.17. The van der Waals surface area contributed by atoms with Gasteiger partial charge in [-0.25, -0.2) is 0 Å². The molecule has 2 rings (SSSR count). The molecule has 1 aliphatic rings. The van der Waals surface area contributed by atoms with Crippen molar-refractivity contribution in [2.24, 2.45) is 0 Å². The number of carboxylic acid groups (broad SMARTS) is 1. The van der Waals surface area contributed by atoms with Gasteiger partial charge in [0.15, 0.2) is 0 Å². The first kappa shape index (κ1) is 13.8.